The van der Waals surface area contributed by atoms with Crippen LogP contribution in [0.4, 0.5) is 0 Å². The van der Waals surface area contributed by atoms with Crippen molar-refractivity contribution in [1.29, 1.82) is 0 Å². The van der Waals surface area contributed by atoms with Crippen molar-refractivity contribution in [1.82, 2.24) is 18.8 Å². The van der Waals surface area contributed by atoms with Gasteiger partial charge in [0, 0.05) is 42.2 Å². The molecule has 5 heterocycles. The Balaban J connectivity index is 1.54. The number of para-hydroxylation sites is 1. The first-order valence-electron chi connectivity index (χ1n) is 8.40. The van der Waals surface area contributed by atoms with Gasteiger partial charge in [0.25, 0.3) is 0 Å². The summed E-state index contributed by atoms with van der Waals surface area (Å²) in [5, 5.41) is 2.48. The van der Waals surface area contributed by atoms with Gasteiger partial charge in [-0.3, -0.25) is 0 Å². The molecule has 3 saturated heterocycles. The largest absolute Gasteiger partial charge is 0.350 e. The van der Waals surface area contributed by atoms with E-state index in [1.165, 1.54) is 48.4 Å². The molecule has 0 aliphatic carbocycles. The van der Waals surface area contributed by atoms with Crippen LogP contribution in [0.2, 0.25) is 0 Å². The number of aromatic nitrogens is 3. The summed E-state index contributed by atoms with van der Waals surface area (Å²) in [6.45, 7) is 3.72. The van der Waals surface area contributed by atoms with Gasteiger partial charge in [0.1, 0.15) is 5.01 Å². The van der Waals surface area contributed by atoms with Crippen LogP contribution in [0.3, 0.4) is 0 Å². The highest BCUT2D eigenvalue weighted by atomic mass is 32.1. The lowest BCUT2D eigenvalue weighted by atomic mass is 9.79. The molecule has 0 N–H and O–H groups in total. The van der Waals surface area contributed by atoms with Crippen molar-refractivity contribution < 1.29 is 0 Å². The summed E-state index contributed by atoms with van der Waals surface area (Å²) in [4.78, 5) is 7.54. The zero-order valence-corrected chi connectivity index (χ0v) is 14.1. The summed E-state index contributed by atoms with van der Waals surface area (Å²) < 4.78 is 6.87. The van der Waals surface area contributed by atoms with Crippen molar-refractivity contribution >= 4 is 22.4 Å². The van der Waals surface area contributed by atoms with Gasteiger partial charge in [-0.1, -0.05) is 18.2 Å². The molecule has 23 heavy (non-hydrogen) atoms. The summed E-state index contributed by atoms with van der Waals surface area (Å²) in [6, 6.07) is 8.49. The molecule has 0 saturated carbocycles. The van der Waals surface area contributed by atoms with Crippen LogP contribution in [0.15, 0.2) is 30.5 Å². The second-order valence-corrected chi connectivity index (χ2v) is 7.66. The number of hydrogen-bond acceptors (Lipinski definition) is 4. The number of benzene rings is 1. The third-order valence-electron chi connectivity index (χ3n) is 5.55. The Morgan fingerprint density at radius 2 is 2.00 bits per heavy atom. The molecule has 1 aromatic carbocycles. The Morgan fingerprint density at radius 1 is 1.17 bits per heavy atom. The lowest BCUT2D eigenvalue weighted by molar-refractivity contribution is 0.0870. The van der Waals surface area contributed by atoms with Crippen LogP contribution in [-0.2, 0) is 7.05 Å². The fraction of sp³-hybridized carbons (Fsp3) is 0.444. The quantitative estimate of drug-likeness (QED) is 0.723. The van der Waals surface area contributed by atoms with Gasteiger partial charge in [0.15, 0.2) is 5.82 Å². The number of aryl methyl sites for hydroxylation is 1. The van der Waals surface area contributed by atoms with Crippen LogP contribution in [0.5, 0.6) is 0 Å². The maximum absolute atomic E-state index is 4.95. The average molecular weight is 324 g/mol. The molecule has 1 atom stereocenters. The van der Waals surface area contributed by atoms with Crippen LogP contribution in [-0.4, -0.2) is 38.5 Å². The maximum atomic E-state index is 4.95. The predicted octanol–water partition coefficient (Wildman–Crippen LogP) is 3.51. The van der Waals surface area contributed by atoms with Gasteiger partial charge in [-0.25, -0.2) is 4.98 Å². The molecule has 3 aromatic rings. The van der Waals surface area contributed by atoms with Gasteiger partial charge >= 0.3 is 0 Å². The highest BCUT2D eigenvalue weighted by molar-refractivity contribution is 7.05. The number of nitrogens with zero attached hydrogens (tertiary/aromatic N) is 4. The van der Waals surface area contributed by atoms with Crippen LogP contribution in [0, 0.1) is 5.92 Å². The summed E-state index contributed by atoms with van der Waals surface area (Å²) in [5.41, 5.74) is 2.40. The van der Waals surface area contributed by atoms with Gasteiger partial charge in [-0.2, -0.15) is 4.37 Å². The lowest BCUT2D eigenvalue weighted by Crippen LogP contribution is -2.46. The highest BCUT2D eigenvalue weighted by Gasteiger charge is 2.37. The van der Waals surface area contributed by atoms with Crippen molar-refractivity contribution in [2.45, 2.75) is 18.8 Å². The zero-order chi connectivity index (χ0) is 15.4. The Labute approximate surface area is 139 Å². The minimum absolute atomic E-state index is 0.596. The molecule has 4 nitrogen and oxygen atoms in total. The topological polar surface area (TPSA) is 34.0 Å². The van der Waals surface area contributed by atoms with Gasteiger partial charge in [-0.05, 0) is 49.4 Å². The Bertz CT molecular complexity index is 857. The van der Waals surface area contributed by atoms with E-state index < -0.39 is 0 Å². The monoisotopic (exact) mass is 324 g/mol. The van der Waals surface area contributed by atoms with Gasteiger partial charge < -0.3 is 9.47 Å². The van der Waals surface area contributed by atoms with Crippen molar-refractivity contribution in [2.24, 2.45) is 13.0 Å². The zero-order valence-electron chi connectivity index (χ0n) is 13.3. The fourth-order valence-corrected chi connectivity index (χ4v) is 5.11. The molecular weight excluding hydrogens is 304 g/mol. The Kier molecular flexibility index (Phi) is 3.06. The molecule has 3 aliphatic rings. The van der Waals surface area contributed by atoms with Crippen molar-refractivity contribution in [3.05, 3.63) is 35.5 Å². The molecule has 0 radical (unpaired) electrons. The van der Waals surface area contributed by atoms with Crippen LogP contribution in [0.25, 0.3) is 22.3 Å². The Morgan fingerprint density at radius 3 is 2.78 bits per heavy atom. The molecule has 3 fully saturated rings. The SMILES string of the molecule is Cn1cc(-c2nsc(C3CN4CCC3CC4)n2)c2ccccc21. The van der Waals surface area contributed by atoms with Crippen LogP contribution >= 0.6 is 11.5 Å². The van der Waals surface area contributed by atoms with Crippen LogP contribution in [0.1, 0.15) is 23.8 Å². The number of hydrogen-bond donors (Lipinski definition) is 0. The lowest BCUT2D eigenvalue weighted by Gasteiger charge is -2.43. The van der Waals surface area contributed by atoms with Crippen molar-refractivity contribution in [3.63, 3.8) is 0 Å². The van der Waals surface area contributed by atoms with E-state index >= 15 is 0 Å². The van der Waals surface area contributed by atoms with Crippen LogP contribution < -0.4 is 0 Å². The second-order valence-electron chi connectivity index (χ2n) is 6.87. The third kappa shape index (κ3) is 2.14. The molecule has 118 valence electrons. The van der Waals surface area contributed by atoms with Gasteiger partial charge in [-0.15, -0.1) is 0 Å². The van der Waals surface area contributed by atoms with Gasteiger partial charge in [0.05, 0.1) is 0 Å². The molecular formula is C18H20N4S. The minimum Gasteiger partial charge on any atom is -0.350 e. The normalized spacial score (nSPS) is 26.9. The first kappa shape index (κ1) is 13.7. The highest BCUT2D eigenvalue weighted by Crippen LogP contribution is 2.40. The summed E-state index contributed by atoms with van der Waals surface area (Å²) in [7, 11) is 2.09. The molecule has 2 bridgehead atoms. The summed E-state index contributed by atoms with van der Waals surface area (Å²) in [5.74, 6) is 2.31. The maximum Gasteiger partial charge on any atom is 0.175 e. The summed E-state index contributed by atoms with van der Waals surface area (Å²) in [6.07, 6.45) is 4.81. The standard InChI is InChI=1S/C18H20N4S/c1-21-10-15(13-4-2-3-5-16(13)21)17-19-18(23-20-17)14-11-22-8-6-12(14)7-9-22/h2-5,10,12,14H,6-9,11H2,1H3. The molecule has 6 rings (SSSR count). The fourth-order valence-electron chi connectivity index (χ4n) is 4.26. The van der Waals surface area contributed by atoms with Gasteiger partial charge in [0.2, 0.25) is 0 Å². The number of rotatable bonds is 2. The van der Waals surface area contributed by atoms with Crippen molar-refractivity contribution in [2.75, 3.05) is 19.6 Å². The van der Waals surface area contributed by atoms with E-state index in [0.29, 0.717) is 5.92 Å². The molecule has 5 heteroatoms. The molecule has 0 amide bonds. The number of piperidine rings is 3. The smallest absolute Gasteiger partial charge is 0.175 e. The number of fused-ring (bicyclic) bond motifs is 4. The molecule has 0 spiro atoms. The van der Waals surface area contributed by atoms with Crippen molar-refractivity contribution in [3.8, 4) is 11.4 Å². The molecule has 3 aliphatic heterocycles. The first-order chi connectivity index (χ1) is 11.3. The average Bonchev–Trinajstić information content (AvgIpc) is 3.21. The Hall–Kier alpha value is -1.72. The first-order valence-corrected chi connectivity index (χ1v) is 9.17. The van der Waals surface area contributed by atoms with E-state index in [0.717, 1.165) is 17.3 Å². The molecule has 2 aromatic heterocycles. The van der Waals surface area contributed by atoms with E-state index in [9.17, 15) is 0 Å². The van der Waals surface area contributed by atoms with E-state index in [1.54, 1.807) is 11.5 Å². The predicted molar refractivity (Wildman–Crippen MR) is 93.7 cm³/mol. The van der Waals surface area contributed by atoms with E-state index in [1.807, 2.05) is 0 Å². The second kappa shape index (κ2) is 5.14. The molecule has 1 unspecified atom stereocenters. The minimum atomic E-state index is 0.596. The van der Waals surface area contributed by atoms with E-state index in [2.05, 4.69) is 47.0 Å². The third-order valence-corrected chi connectivity index (χ3v) is 6.40. The van der Waals surface area contributed by atoms with E-state index in [4.69, 9.17) is 9.36 Å². The summed E-state index contributed by atoms with van der Waals surface area (Å²) >= 11 is 1.61. The van der Waals surface area contributed by atoms with E-state index in [-0.39, 0.29) is 0 Å².